The van der Waals surface area contributed by atoms with Crippen molar-refractivity contribution in [1.29, 1.82) is 0 Å². The third kappa shape index (κ3) is 5.27. The van der Waals surface area contributed by atoms with Crippen LogP contribution in [-0.4, -0.2) is 68.4 Å². The molecule has 154 valence electrons. The Labute approximate surface area is 164 Å². The number of rotatable bonds is 6. The van der Waals surface area contributed by atoms with Gasteiger partial charge in [-0.15, -0.1) is 0 Å². The number of carbonyl (C=O) groups is 2. The largest absolute Gasteiger partial charge is 0.376 e. The second-order valence-electron chi connectivity index (χ2n) is 7.09. The Morgan fingerprint density at radius 3 is 2.46 bits per heavy atom. The average Bonchev–Trinajstić information content (AvgIpc) is 3.25. The van der Waals surface area contributed by atoms with Crippen molar-refractivity contribution in [3.05, 3.63) is 24.5 Å². The normalized spacial score (nSPS) is 21.4. The number of piperidine rings is 1. The highest BCUT2D eigenvalue weighted by molar-refractivity contribution is 7.89. The molecule has 2 aliphatic rings. The molecule has 10 heteroatoms. The molecule has 3 rings (SSSR count). The molecule has 2 fully saturated rings. The maximum Gasteiger partial charge on any atom is 0.309 e. The molecule has 0 radical (unpaired) electrons. The molecule has 1 aromatic rings. The second kappa shape index (κ2) is 9.44. The summed E-state index contributed by atoms with van der Waals surface area (Å²) in [5.74, 6) is -1.19. The Kier molecular flexibility index (Phi) is 6.97. The molecule has 2 N–H and O–H groups in total. The number of hydrogen-bond acceptors (Lipinski definition) is 6. The number of nitrogens with one attached hydrogen (secondary N) is 2. The minimum Gasteiger partial charge on any atom is -0.376 e. The summed E-state index contributed by atoms with van der Waals surface area (Å²) < 4.78 is 32.0. The lowest BCUT2D eigenvalue weighted by Gasteiger charge is -2.31. The first-order valence-electron chi connectivity index (χ1n) is 9.54. The van der Waals surface area contributed by atoms with Gasteiger partial charge in [-0.1, -0.05) is 0 Å². The molecule has 3 heterocycles. The van der Waals surface area contributed by atoms with Gasteiger partial charge in [-0.05, 0) is 43.7 Å². The summed E-state index contributed by atoms with van der Waals surface area (Å²) in [4.78, 5) is 27.8. The van der Waals surface area contributed by atoms with Crippen molar-refractivity contribution in [3.63, 3.8) is 0 Å². The lowest BCUT2D eigenvalue weighted by molar-refractivity contribution is -0.139. The summed E-state index contributed by atoms with van der Waals surface area (Å²) in [5, 5.41) is 5.23. The highest BCUT2D eigenvalue weighted by atomic mass is 32.2. The number of pyridine rings is 1. The summed E-state index contributed by atoms with van der Waals surface area (Å²) in [5.41, 5.74) is 0. The molecule has 2 amide bonds. The molecule has 0 aromatic carbocycles. The van der Waals surface area contributed by atoms with Crippen LogP contribution in [0.15, 0.2) is 29.4 Å². The number of aromatic nitrogens is 1. The first kappa shape index (κ1) is 20.7. The maximum atomic E-state index is 12.6. The number of nitrogens with zero attached hydrogens (tertiary/aromatic N) is 2. The van der Waals surface area contributed by atoms with E-state index < -0.39 is 21.8 Å². The smallest absolute Gasteiger partial charge is 0.309 e. The summed E-state index contributed by atoms with van der Waals surface area (Å²) in [6, 6.07) is 3.13. The summed E-state index contributed by atoms with van der Waals surface area (Å²) in [6.07, 6.45) is 5.98. The van der Waals surface area contributed by atoms with Crippen LogP contribution in [0.5, 0.6) is 0 Å². The molecule has 1 atom stereocenters. The third-order valence-corrected chi connectivity index (χ3v) is 7.00. The van der Waals surface area contributed by atoms with E-state index in [1.54, 1.807) is 6.07 Å². The molecule has 28 heavy (non-hydrogen) atoms. The number of carbonyl (C=O) groups excluding carboxylic acids is 2. The first-order chi connectivity index (χ1) is 13.5. The van der Waals surface area contributed by atoms with Crippen LogP contribution in [0.2, 0.25) is 0 Å². The van der Waals surface area contributed by atoms with Gasteiger partial charge in [0.05, 0.1) is 6.10 Å². The van der Waals surface area contributed by atoms with Gasteiger partial charge in [-0.25, -0.2) is 8.42 Å². The maximum absolute atomic E-state index is 12.6. The lowest BCUT2D eigenvalue weighted by Crippen LogP contribution is -2.45. The van der Waals surface area contributed by atoms with Gasteiger partial charge in [0.1, 0.15) is 4.90 Å². The summed E-state index contributed by atoms with van der Waals surface area (Å²) in [7, 11) is -3.54. The van der Waals surface area contributed by atoms with Crippen LogP contribution < -0.4 is 10.6 Å². The van der Waals surface area contributed by atoms with Gasteiger partial charge in [0.2, 0.25) is 10.0 Å². The van der Waals surface area contributed by atoms with Crippen LogP contribution in [0.1, 0.15) is 25.7 Å². The van der Waals surface area contributed by atoms with Crippen LogP contribution >= 0.6 is 0 Å². The molecule has 2 saturated heterocycles. The van der Waals surface area contributed by atoms with Crippen molar-refractivity contribution in [2.24, 2.45) is 5.92 Å². The van der Waals surface area contributed by atoms with E-state index in [1.165, 1.54) is 22.8 Å². The lowest BCUT2D eigenvalue weighted by atomic mass is 9.98. The Morgan fingerprint density at radius 1 is 1.14 bits per heavy atom. The molecule has 0 saturated carbocycles. The van der Waals surface area contributed by atoms with Crippen LogP contribution in [0.4, 0.5) is 0 Å². The number of amides is 2. The fraction of sp³-hybridized carbons (Fsp3) is 0.611. The van der Waals surface area contributed by atoms with Gasteiger partial charge in [0, 0.05) is 45.2 Å². The second-order valence-corrected chi connectivity index (χ2v) is 9.03. The van der Waals surface area contributed by atoms with Crippen LogP contribution in [0.25, 0.3) is 0 Å². The minimum atomic E-state index is -3.54. The van der Waals surface area contributed by atoms with Crippen molar-refractivity contribution in [2.45, 2.75) is 36.7 Å². The monoisotopic (exact) mass is 410 g/mol. The van der Waals surface area contributed by atoms with Gasteiger partial charge in [-0.3, -0.25) is 14.6 Å². The molecule has 0 spiro atoms. The van der Waals surface area contributed by atoms with Crippen molar-refractivity contribution >= 4 is 21.8 Å². The molecule has 2 aliphatic heterocycles. The number of hydrogen-bond donors (Lipinski definition) is 2. The van der Waals surface area contributed by atoms with E-state index in [2.05, 4.69) is 15.6 Å². The van der Waals surface area contributed by atoms with Crippen molar-refractivity contribution in [2.75, 3.05) is 32.8 Å². The van der Waals surface area contributed by atoms with E-state index in [1.807, 2.05) is 0 Å². The zero-order chi connectivity index (χ0) is 20.0. The standard InChI is InChI=1S/C18H26N4O5S/c23-17(18(24)21-12-15-3-2-10-27-15)20-11-14-5-8-22(9-6-14)28(25,26)16-4-1-7-19-13-16/h1,4,7,13-15H,2-3,5-6,8-12H2,(H,20,23)(H,21,24)/t15-/m0/s1. The molecule has 0 unspecified atom stereocenters. The highest BCUT2D eigenvalue weighted by Crippen LogP contribution is 2.23. The highest BCUT2D eigenvalue weighted by Gasteiger charge is 2.30. The first-order valence-corrected chi connectivity index (χ1v) is 11.0. The SMILES string of the molecule is O=C(NCC1CCN(S(=O)(=O)c2cccnc2)CC1)C(=O)NC[C@@H]1CCCO1. The van der Waals surface area contributed by atoms with Crippen molar-refractivity contribution in [3.8, 4) is 0 Å². The molecule has 1 aromatic heterocycles. The Balaban J connectivity index is 1.39. The molecular formula is C18H26N4O5S. The zero-order valence-corrected chi connectivity index (χ0v) is 16.5. The predicted octanol–water partition coefficient (Wildman–Crippen LogP) is -0.106. The number of sulfonamides is 1. The van der Waals surface area contributed by atoms with Gasteiger partial charge >= 0.3 is 11.8 Å². The van der Waals surface area contributed by atoms with E-state index in [-0.39, 0.29) is 16.9 Å². The zero-order valence-electron chi connectivity index (χ0n) is 15.7. The summed E-state index contributed by atoms with van der Waals surface area (Å²) in [6.45, 7) is 2.15. The van der Waals surface area contributed by atoms with Crippen molar-refractivity contribution in [1.82, 2.24) is 19.9 Å². The quantitative estimate of drug-likeness (QED) is 0.632. The molecular weight excluding hydrogens is 384 g/mol. The Bertz CT molecular complexity index is 772. The van der Waals surface area contributed by atoms with Crippen LogP contribution in [-0.2, 0) is 24.3 Å². The van der Waals surface area contributed by atoms with Gasteiger partial charge in [0.15, 0.2) is 0 Å². The fourth-order valence-corrected chi connectivity index (χ4v) is 4.85. The van der Waals surface area contributed by atoms with Gasteiger partial charge in [0.25, 0.3) is 0 Å². The minimum absolute atomic E-state index is 0.0113. The number of ether oxygens (including phenoxy) is 1. The van der Waals surface area contributed by atoms with Crippen molar-refractivity contribution < 1.29 is 22.7 Å². The van der Waals surface area contributed by atoms with Gasteiger partial charge < -0.3 is 15.4 Å². The van der Waals surface area contributed by atoms with E-state index in [0.29, 0.717) is 45.6 Å². The van der Waals surface area contributed by atoms with Crippen LogP contribution in [0, 0.1) is 5.92 Å². The fourth-order valence-electron chi connectivity index (χ4n) is 3.41. The summed E-state index contributed by atoms with van der Waals surface area (Å²) >= 11 is 0. The van der Waals surface area contributed by atoms with E-state index in [4.69, 9.17) is 4.74 Å². The van der Waals surface area contributed by atoms with Gasteiger partial charge in [-0.2, -0.15) is 4.31 Å². The van der Waals surface area contributed by atoms with E-state index in [0.717, 1.165) is 12.8 Å². The molecule has 9 nitrogen and oxygen atoms in total. The average molecular weight is 410 g/mol. The Hall–Kier alpha value is -2.04. The van der Waals surface area contributed by atoms with Crippen LogP contribution in [0.3, 0.4) is 0 Å². The van der Waals surface area contributed by atoms with E-state index in [9.17, 15) is 18.0 Å². The third-order valence-electron chi connectivity index (χ3n) is 5.12. The molecule has 0 bridgehead atoms. The topological polar surface area (TPSA) is 118 Å². The Morgan fingerprint density at radius 2 is 1.86 bits per heavy atom. The predicted molar refractivity (Wildman–Crippen MR) is 101 cm³/mol. The molecule has 0 aliphatic carbocycles. The van der Waals surface area contributed by atoms with E-state index >= 15 is 0 Å².